The zero-order valence-corrected chi connectivity index (χ0v) is 30.5. The third kappa shape index (κ3) is 5.68. The van der Waals surface area contributed by atoms with Gasteiger partial charge in [-0.3, -0.25) is 0 Å². The fourth-order valence-electron chi connectivity index (χ4n) is 7.21. The van der Waals surface area contributed by atoms with Crippen LogP contribution < -0.4 is 0 Å². The van der Waals surface area contributed by atoms with Crippen molar-refractivity contribution in [3.05, 3.63) is 170 Å². The van der Waals surface area contributed by atoms with Gasteiger partial charge in [0.2, 0.25) is 0 Å². The molecule has 262 valence electrons. The van der Waals surface area contributed by atoms with Crippen molar-refractivity contribution in [1.82, 2.24) is 29.9 Å². The van der Waals surface area contributed by atoms with Gasteiger partial charge in [0.15, 0.2) is 34.9 Å². The van der Waals surface area contributed by atoms with Crippen molar-refractivity contribution in [2.75, 3.05) is 0 Å². The Morgan fingerprint density at radius 1 is 0.286 bits per heavy atom. The van der Waals surface area contributed by atoms with Crippen LogP contribution in [0.5, 0.6) is 0 Å². The van der Waals surface area contributed by atoms with Gasteiger partial charge in [-0.15, -0.1) is 11.3 Å². The quantitative estimate of drug-likeness (QED) is 0.168. The van der Waals surface area contributed by atoms with Crippen LogP contribution in [0.25, 0.3) is 110 Å². The number of rotatable bonds is 6. The van der Waals surface area contributed by atoms with Crippen molar-refractivity contribution in [3.8, 4) is 68.3 Å². The second kappa shape index (κ2) is 13.2. The van der Waals surface area contributed by atoms with Gasteiger partial charge in [-0.25, -0.2) is 29.9 Å². The number of hydrogen-bond donors (Lipinski definition) is 0. The second-order valence-corrected chi connectivity index (χ2v) is 14.6. The molecule has 0 saturated carbocycles. The summed E-state index contributed by atoms with van der Waals surface area (Å²) in [6, 6.07) is 57.3. The van der Waals surface area contributed by atoms with Crippen LogP contribution in [0.15, 0.2) is 174 Å². The fourth-order valence-corrected chi connectivity index (χ4v) is 8.33. The van der Waals surface area contributed by atoms with Crippen LogP contribution in [-0.2, 0) is 0 Å². The van der Waals surface area contributed by atoms with Gasteiger partial charge in [0.25, 0.3) is 0 Å². The van der Waals surface area contributed by atoms with Crippen molar-refractivity contribution >= 4 is 53.4 Å². The largest absolute Gasteiger partial charge is 0.456 e. The number of aromatic nitrogens is 6. The Kier molecular flexibility index (Phi) is 7.53. The average molecular weight is 737 g/mol. The van der Waals surface area contributed by atoms with Gasteiger partial charge in [-0.2, -0.15) is 0 Å². The Morgan fingerprint density at radius 3 is 1.29 bits per heavy atom. The van der Waals surface area contributed by atoms with E-state index in [0.717, 1.165) is 70.8 Å². The van der Waals surface area contributed by atoms with Gasteiger partial charge in [0, 0.05) is 64.3 Å². The Bertz CT molecular complexity index is 3200. The molecule has 11 rings (SSSR count). The lowest BCUT2D eigenvalue weighted by Crippen LogP contribution is -2.00. The molecule has 7 aromatic carbocycles. The lowest BCUT2D eigenvalue weighted by molar-refractivity contribution is 0.669. The SMILES string of the molecule is c1ccc(-c2nc(-c3ccccc3)nc(-c3ccc4c(c3)sc3ccc(-c5nc(-c6ccccc6)nc(-c6ccc7c(c6)oc6ccccc67)n5)cc34)n2)cc1. The summed E-state index contributed by atoms with van der Waals surface area (Å²) in [5.41, 5.74) is 7.14. The van der Waals surface area contributed by atoms with Crippen LogP contribution in [-0.4, -0.2) is 29.9 Å². The molecule has 0 spiro atoms. The molecule has 11 aromatic rings. The summed E-state index contributed by atoms with van der Waals surface area (Å²) in [4.78, 5) is 29.9. The second-order valence-electron chi connectivity index (χ2n) is 13.5. The molecule has 0 amide bonds. The first-order chi connectivity index (χ1) is 27.7. The predicted molar refractivity (Wildman–Crippen MR) is 226 cm³/mol. The molecule has 0 aliphatic carbocycles. The minimum Gasteiger partial charge on any atom is -0.456 e. The van der Waals surface area contributed by atoms with Crippen molar-refractivity contribution in [1.29, 1.82) is 0 Å². The molecule has 7 nitrogen and oxygen atoms in total. The van der Waals surface area contributed by atoms with E-state index in [-0.39, 0.29) is 0 Å². The van der Waals surface area contributed by atoms with Crippen LogP contribution in [0.4, 0.5) is 0 Å². The fraction of sp³-hybridized carbons (Fsp3) is 0. The number of para-hydroxylation sites is 1. The Morgan fingerprint density at radius 2 is 0.714 bits per heavy atom. The first-order valence-electron chi connectivity index (χ1n) is 18.3. The Hall–Kier alpha value is -7.42. The van der Waals surface area contributed by atoms with Crippen LogP contribution in [0.3, 0.4) is 0 Å². The van der Waals surface area contributed by atoms with E-state index in [2.05, 4.69) is 54.6 Å². The van der Waals surface area contributed by atoms with E-state index in [0.29, 0.717) is 34.9 Å². The smallest absolute Gasteiger partial charge is 0.164 e. The number of hydrogen-bond acceptors (Lipinski definition) is 8. The van der Waals surface area contributed by atoms with Crippen LogP contribution >= 0.6 is 11.3 Å². The van der Waals surface area contributed by atoms with Crippen molar-refractivity contribution in [3.63, 3.8) is 0 Å². The minimum atomic E-state index is 0.582. The normalized spacial score (nSPS) is 11.6. The Balaban J connectivity index is 1.02. The lowest BCUT2D eigenvalue weighted by Gasteiger charge is -2.09. The number of benzene rings is 7. The molecule has 4 aromatic heterocycles. The van der Waals surface area contributed by atoms with Gasteiger partial charge in [0.05, 0.1) is 0 Å². The monoisotopic (exact) mass is 736 g/mol. The standard InChI is InChI=1S/C48H28N6OS/c1-4-12-29(13-5-1)43-49-44(30-14-6-2-7-15-30)53-48(52-43)34-21-24-37-38-26-32(22-25-41(38)56-42(37)28-34)46-50-45(31-16-8-3-9-17-31)51-47(54-46)33-20-23-36-35-18-10-11-19-39(35)55-40(36)27-33/h1-28H. The number of fused-ring (bicyclic) bond motifs is 6. The van der Waals surface area contributed by atoms with Gasteiger partial charge < -0.3 is 4.42 Å². The summed E-state index contributed by atoms with van der Waals surface area (Å²) < 4.78 is 8.54. The van der Waals surface area contributed by atoms with Crippen LogP contribution in [0.1, 0.15) is 0 Å². The minimum absolute atomic E-state index is 0.582. The number of nitrogens with zero attached hydrogens (tertiary/aromatic N) is 6. The maximum absolute atomic E-state index is 6.23. The van der Waals surface area contributed by atoms with Gasteiger partial charge in [0.1, 0.15) is 11.2 Å². The molecule has 0 fully saturated rings. The summed E-state index contributed by atoms with van der Waals surface area (Å²) in [5, 5.41) is 4.42. The maximum Gasteiger partial charge on any atom is 0.164 e. The van der Waals surface area contributed by atoms with E-state index < -0.39 is 0 Å². The van der Waals surface area contributed by atoms with E-state index in [4.69, 9.17) is 34.3 Å². The van der Waals surface area contributed by atoms with E-state index in [1.165, 1.54) is 4.70 Å². The average Bonchev–Trinajstić information content (AvgIpc) is 3.84. The van der Waals surface area contributed by atoms with E-state index >= 15 is 0 Å². The highest BCUT2D eigenvalue weighted by molar-refractivity contribution is 7.25. The van der Waals surface area contributed by atoms with Crippen molar-refractivity contribution < 1.29 is 4.42 Å². The number of thiophene rings is 1. The molecule has 0 aliphatic heterocycles. The third-order valence-electron chi connectivity index (χ3n) is 9.99. The molecule has 0 unspecified atom stereocenters. The maximum atomic E-state index is 6.23. The molecule has 0 N–H and O–H groups in total. The summed E-state index contributed by atoms with van der Waals surface area (Å²) in [7, 11) is 0. The molecule has 56 heavy (non-hydrogen) atoms. The van der Waals surface area contributed by atoms with Gasteiger partial charge >= 0.3 is 0 Å². The van der Waals surface area contributed by atoms with E-state index in [1.807, 2.05) is 115 Å². The van der Waals surface area contributed by atoms with Gasteiger partial charge in [-0.05, 0) is 42.5 Å². The topological polar surface area (TPSA) is 90.5 Å². The predicted octanol–water partition coefficient (Wildman–Crippen LogP) is 12.3. The lowest BCUT2D eigenvalue weighted by atomic mass is 10.1. The molecule has 0 aliphatic rings. The number of furan rings is 1. The molecule has 0 bridgehead atoms. The first kappa shape index (κ1) is 32.0. The highest BCUT2D eigenvalue weighted by Gasteiger charge is 2.17. The third-order valence-corrected chi connectivity index (χ3v) is 11.1. The van der Waals surface area contributed by atoms with Crippen LogP contribution in [0.2, 0.25) is 0 Å². The summed E-state index contributed by atoms with van der Waals surface area (Å²) in [6.45, 7) is 0. The zero-order valence-electron chi connectivity index (χ0n) is 29.7. The zero-order chi connectivity index (χ0) is 37.0. The highest BCUT2D eigenvalue weighted by Crippen LogP contribution is 2.39. The summed E-state index contributed by atoms with van der Waals surface area (Å²) in [6.07, 6.45) is 0. The first-order valence-corrected chi connectivity index (χ1v) is 19.1. The summed E-state index contributed by atoms with van der Waals surface area (Å²) in [5.74, 6) is 3.70. The van der Waals surface area contributed by atoms with Crippen molar-refractivity contribution in [2.24, 2.45) is 0 Å². The molecule has 4 heterocycles. The van der Waals surface area contributed by atoms with Crippen LogP contribution in [0, 0.1) is 0 Å². The molecular formula is C48H28N6OS. The molecular weight excluding hydrogens is 709 g/mol. The van der Waals surface area contributed by atoms with Crippen molar-refractivity contribution in [2.45, 2.75) is 0 Å². The molecule has 8 heteroatoms. The molecule has 0 radical (unpaired) electrons. The van der Waals surface area contributed by atoms with E-state index in [1.54, 1.807) is 11.3 Å². The molecule has 0 saturated heterocycles. The highest BCUT2D eigenvalue weighted by atomic mass is 32.1. The van der Waals surface area contributed by atoms with E-state index in [9.17, 15) is 0 Å². The molecule has 0 atom stereocenters. The summed E-state index contributed by atoms with van der Waals surface area (Å²) >= 11 is 1.74. The Labute approximate surface area is 324 Å². The van der Waals surface area contributed by atoms with Gasteiger partial charge in [-0.1, -0.05) is 127 Å².